The zero-order valence-electron chi connectivity index (χ0n) is 25.5. The van der Waals surface area contributed by atoms with Gasteiger partial charge >= 0.3 is 39.7 Å². The van der Waals surface area contributed by atoms with Gasteiger partial charge in [-0.25, -0.2) is 0 Å². The summed E-state index contributed by atoms with van der Waals surface area (Å²) >= 11 is 0. The van der Waals surface area contributed by atoms with Crippen molar-refractivity contribution in [1.29, 1.82) is 0 Å². The topological polar surface area (TPSA) is 56.9 Å². The van der Waals surface area contributed by atoms with E-state index in [1.807, 2.05) is 0 Å². The fourth-order valence-corrected chi connectivity index (χ4v) is 9.86. The normalized spacial score (nSPS) is 36.8. The second kappa shape index (κ2) is 17.4. The van der Waals surface area contributed by atoms with Crippen molar-refractivity contribution < 1.29 is 31.2 Å². The third-order valence-electron chi connectivity index (χ3n) is 11.8. The van der Waals surface area contributed by atoms with Gasteiger partial charge in [0.25, 0.3) is 0 Å². The molecule has 0 unspecified atom stereocenters. The summed E-state index contributed by atoms with van der Waals surface area (Å²) in [6.45, 7) is 21.5. The first kappa shape index (κ1) is 36.4. The Kier molecular flexibility index (Phi) is 16.2. The summed E-state index contributed by atoms with van der Waals surface area (Å²) < 4.78 is 15.0. The van der Waals surface area contributed by atoms with Crippen molar-refractivity contribution in [3.8, 4) is 0 Å². The van der Waals surface area contributed by atoms with Gasteiger partial charge < -0.3 is 4.79 Å². The SMILES string of the molecule is C1CCCC1.CC(C)CCC[C@@H](C)[C@H]1CC[C@H]2[C@@H]3CC[C@H]4C[C-]=C(C=O)C[C@]4(C)[C@H]3CC[C@]12C.[C-]#[O+].[C-]#[O+].[Fe+2]. The van der Waals surface area contributed by atoms with Crippen molar-refractivity contribution in [3.05, 3.63) is 24.9 Å². The number of aldehydes is 1. The zero-order chi connectivity index (χ0) is 28.3. The molecule has 0 aromatic heterocycles. The molecule has 0 aromatic carbocycles. The van der Waals surface area contributed by atoms with E-state index in [0.717, 1.165) is 66.1 Å². The van der Waals surface area contributed by atoms with Crippen molar-refractivity contribution in [2.75, 3.05) is 0 Å². The fraction of sp³-hybridized carbons (Fsp3) is 0.857. The molecule has 39 heavy (non-hydrogen) atoms. The van der Waals surface area contributed by atoms with Crippen molar-refractivity contribution >= 4 is 6.29 Å². The monoisotopic (exact) mass is 579 g/mol. The summed E-state index contributed by atoms with van der Waals surface area (Å²) in [6.07, 6.45) is 26.9. The van der Waals surface area contributed by atoms with E-state index in [9.17, 15) is 4.79 Å². The molecule has 0 spiro atoms. The molecule has 0 bridgehead atoms. The quantitative estimate of drug-likeness (QED) is 0.134. The molecular formula is C35H55FeO3+. The van der Waals surface area contributed by atoms with Crippen LogP contribution in [0.4, 0.5) is 0 Å². The Balaban J connectivity index is 0.000000663. The van der Waals surface area contributed by atoms with Crippen LogP contribution in [0.1, 0.15) is 137 Å². The number of hydrogen-bond donors (Lipinski definition) is 0. The van der Waals surface area contributed by atoms with Gasteiger partial charge in [-0.3, -0.25) is 6.08 Å². The molecule has 220 valence electrons. The molecule has 5 aliphatic carbocycles. The van der Waals surface area contributed by atoms with Gasteiger partial charge in [-0.05, 0) is 90.6 Å². The summed E-state index contributed by atoms with van der Waals surface area (Å²) in [7, 11) is 0. The molecular weight excluding hydrogens is 524 g/mol. The summed E-state index contributed by atoms with van der Waals surface area (Å²) in [4.78, 5) is 11.5. The van der Waals surface area contributed by atoms with Crippen LogP contribution in [0.25, 0.3) is 0 Å². The van der Waals surface area contributed by atoms with E-state index in [0.29, 0.717) is 10.8 Å². The van der Waals surface area contributed by atoms with E-state index < -0.39 is 0 Å². The summed E-state index contributed by atoms with van der Waals surface area (Å²) in [5, 5.41) is 0. The predicted molar refractivity (Wildman–Crippen MR) is 152 cm³/mol. The molecule has 5 rings (SSSR count). The van der Waals surface area contributed by atoms with E-state index in [1.165, 1.54) is 89.9 Å². The molecule has 4 heteroatoms. The van der Waals surface area contributed by atoms with Crippen LogP contribution >= 0.6 is 0 Å². The Morgan fingerprint density at radius 1 is 0.872 bits per heavy atom. The van der Waals surface area contributed by atoms with Crippen molar-refractivity contribution in [3.63, 3.8) is 0 Å². The maximum Gasteiger partial charge on any atom is 2.00 e. The maximum absolute atomic E-state index is 11.5. The van der Waals surface area contributed by atoms with Crippen molar-refractivity contribution in [1.82, 2.24) is 0 Å². The number of carbonyl (C=O) groups is 1. The van der Waals surface area contributed by atoms with Gasteiger partial charge in [0, 0.05) is 0 Å². The average molecular weight is 580 g/mol. The first-order chi connectivity index (χ1) is 18.3. The number of carbonyl (C=O) groups excluding carboxylic acids is 1. The minimum Gasteiger partial charge on any atom is 2.00 e. The Hall–Kier alpha value is -0.591. The van der Waals surface area contributed by atoms with E-state index in [4.69, 9.17) is 9.30 Å². The average Bonchev–Trinajstić information content (AvgIpc) is 3.62. The van der Waals surface area contributed by atoms with Crippen LogP contribution in [0.2, 0.25) is 0 Å². The molecule has 0 aromatic rings. The van der Waals surface area contributed by atoms with Gasteiger partial charge in [0.15, 0.2) is 0 Å². The minimum absolute atomic E-state index is 0. The van der Waals surface area contributed by atoms with Gasteiger partial charge in [0.05, 0.1) is 0 Å². The van der Waals surface area contributed by atoms with E-state index in [1.54, 1.807) is 0 Å². The number of allylic oxidation sites excluding steroid dienone is 2. The first-order valence-electron chi connectivity index (χ1n) is 15.7. The third-order valence-corrected chi connectivity index (χ3v) is 11.8. The molecule has 0 saturated heterocycles. The Bertz CT molecular complexity index is 783. The minimum atomic E-state index is 0. The number of fused-ring (bicyclic) bond motifs is 5. The Labute approximate surface area is 251 Å². The molecule has 3 nitrogen and oxygen atoms in total. The van der Waals surface area contributed by atoms with Crippen LogP contribution in [0.5, 0.6) is 0 Å². The zero-order valence-corrected chi connectivity index (χ0v) is 26.6. The second-order valence-electron chi connectivity index (χ2n) is 14.2. The van der Waals surface area contributed by atoms with E-state index in [-0.39, 0.29) is 17.1 Å². The summed E-state index contributed by atoms with van der Waals surface area (Å²) in [5.41, 5.74) is 1.90. The number of hydrogen-bond acceptors (Lipinski definition) is 1. The largest absolute Gasteiger partial charge is 2.00 e. The maximum atomic E-state index is 11.5. The number of rotatable bonds is 6. The third kappa shape index (κ3) is 8.47. The molecule has 0 amide bonds. The van der Waals surface area contributed by atoms with E-state index >= 15 is 0 Å². The van der Waals surface area contributed by atoms with Gasteiger partial charge in [0.1, 0.15) is 0 Å². The van der Waals surface area contributed by atoms with Crippen LogP contribution in [-0.4, -0.2) is 6.29 Å². The van der Waals surface area contributed by atoms with Crippen LogP contribution < -0.4 is 0 Å². The van der Waals surface area contributed by atoms with Gasteiger partial charge in [0.2, 0.25) is 0 Å². The van der Waals surface area contributed by atoms with Gasteiger partial charge in [-0.15, -0.1) is 6.42 Å². The standard InChI is InChI=1S/C28H45O.C5H10.2CO.Fe/c1-19(2)7-6-8-20(3)24-13-14-25-23-12-11-22-10-9-21(18-29)17-28(22,5)26(23)15-16-27(24,25)4;1-2-4-5-3-1;2*1-2;/h18-20,22-26H,6-8,10-17H2,1-5H3;1-5H2;;;/q-1;;;;+2/t20-,22-,23+,24-,25+,26+,27-,28+;;;;/m1..../s1. The van der Waals surface area contributed by atoms with Crippen LogP contribution in [0.15, 0.2) is 5.57 Å². The van der Waals surface area contributed by atoms with Crippen LogP contribution in [0.3, 0.4) is 0 Å². The Morgan fingerprint density at radius 3 is 2.03 bits per heavy atom. The molecule has 0 heterocycles. The van der Waals surface area contributed by atoms with Gasteiger partial charge in [-0.2, -0.15) is 5.57 Å². The van der Waals surface area contributed by atoms with Crippen molar-refractivity contribution in [2.45, 2.75) is 137 Å². The first-order valence-corrected chi connectivity index (χ1v) is 15.7. The second-order valence-corrected chi connectivity index (χ2v) is 14.2. The van der Waals surface area contributed by atoms with E-state index in [2.05, 4.69) is 54.0 Å². The molecule has 0 aliphatic heterocycles. The predicted octanol–water partition coefficient (Wildman–Crippen LogP) is 9.52. The molecule has 0 N–H and O–H groups in total. The molecule has 4 saturated carbocycles. The molecule has 5 aliphatic rings. The van der Waals surface area contributed by atoms with Crippen LogP contribution in [-0.2, 0) is 31.2 Å². The van der Waals surface area contributed by atoms with Gasteiger partial charge in [-0.1, -0.05) is 98.8 Å². The Morgan fingerprint density at radius 2 is 1.46 bits per heavy atom. The molecule has 4 fully saturated rings. The van der Waals surface area contributed by atoms with Crippen LogP contribution in [0, 0.1) is 71.6 Å². The summed E-state index contributed by atoms with van der Waals surface area (Å²) in [5.74, 6) is 6.13. The smallest absolute Gasteiger partial charge is 2.00 e. The fourth-order valence-electron chi connectivity index (χ4n) is 9.86. The summed E-state index contributed by atoms with van der Waals surface area (Å²) in [6, 6.07) is 0. The molecule has 8 atom stereocenters. The molecule has 0 radical (unpaired) electrons. The van der Waals surface area contributed by atoms with Crippen molar-refractivity contribution in [2.24, 2.45) is 52.3 Å².